The third-order valence-electron chi connectivity index (χ3n) is 4.23. The Balaban J connectivity index is 1.79. The van der Waals surface area contributed by atoms with Crippen molar-refractivity contribution < 1.29 is 4.79 Å². The van der Waals surface area contributed by atoms with Gasteiger partial charge >= 0.3 is 0 Å². The third-order valence-corrected chi connectivity index (χ3v) is 4.57. The number of hydrogen-bond acceptors (Lipinski definition) is 3. The molecule has 0 bridgehead atoms. The van der Waals surface area contributed by atoms with Gasteiger partial charge in [0.05, 0.1) is 11.6 Å². The Kier molecular flexibility index (Phi) is 5.16. The van der Waals surface area contributed by atoms with Gasteiger partial charge in [-0.15, -0.1) is 6.58 Å². The maximum Gasteiger partial charge on any atom is 0.253 e. The molecule has 1 aliphatic rings. The molecule has 1 aromatic heterocycles. The van der Waals surface area contributed by atoms with Crippen molar-refractivity contribution in [3.05, 3.63) is 71.4 Å². The molecule has 0 spiro atoms. The predicted octanol–water partition coefficient (Wildman–Crippen LogP) is 3.99. The topological polar surface area (TPSA) is 45.2 Å². The van der Waals surface area contributed by atoms with Crippen molar-refractivity contribution in [1.82, 2.24) is 10.3 Å². The van der Waals surface area contributed by atoms with E-state index in [9.17, 15) is 4.79 Å². The first-order valence-electron chi connectivity index (χ1n) is 8.07. The number of benzene rings is 1. The molecule has 1 N–H and O–H groups in total. The van der Waals surface area contributed by atoms with E-state index < -0.39 is 0 Å². The van der Waals surface area contributed by atoms with E-state index in [1.807, 2.05) is 30.3 Å². The van der Waals surface area contributed by atoms with Crippen molar-refractivity contribution in [2.45, 2.75) is 18.9 Å². The van der Waals surface area contributed by atoms with Crippen LogP contribution in [-0.2, 0) is 0 Å². The van der Waals surface area contributed by atoms with Crippen molar-refractivity contribution in [3.8, 4) is 0 Å². The van der Waals surface area contributed by atoms with Crippen molar-refractivity contribution >= 4 is 23.3 Å². The normalized spacial score (nSPS) is 16.9. The Bertz CT molecular complexity index is 730. The van der Waals surface area contributed by atoms with Crippen LogP contribution in [0.4, 0.5) is 5.82 Å². The first-order chi connectivity index (χ1) is 11.7. The van der Waals surface area contributed by atoms with Crippen LogP contribution in [0.15, 0.2) is 55.3 Å². The molecule has 5 heteroatoms. The molecular weight excluding hydrogens is 322 g/mol. The van der Waals surface area contributed by atoms with Gasteiger partial charge in [0.25, 0.3) is 5.91 Å². The number of aromatic nitrogens is 1. The SMILES string of the molecule is C=CCNC(=O)c1ccc(N2CCCC2c2ccccc2Cl)nc1. The van der Waals surface area contributed by atoms with E-state index in [1.165, 1.54) is 0 Å². The van der Waals surface area contributed by atoms with Gasteiger partial charge < -0.3 is 10.2 Å². The largest absolute Gasteiger partial charge is 0.350 e. The molecule has 1 aliphatic heterocycles. The van der Waals surface area contributed by atoms with Gasteiger partial charge in [0.15, 0.2) is 0 Å². The number of nitrogens with one attached hydrogen (secondary N) is 1. The lowest BCUT2D eigenvalue weighted by Gasteiger charge is -2.26. The molecule has 1 fully saturated rings. The highest BCUT2D eigenvalue weighted by Gasteiger charge is 2.28. The molecule has 1 atom stereocenters. The van der Waals surface area contributed by atoms with Crippen LogP contribution >= 0.6 is 11.6 Å². The summed E-state index contributed by atoms with van der Waals surface area (Å²) in [4.78, 5) is 18.7. The van der Waals surface area contributed by atoms with Gasteiger partial charge in [-0.25, -0.2) is 4.98 Å². The second kappa shape index (κ2) is 7.49. The average molecular weight is 342 g/mol. The highest BCUT2D eigenvalue weighted by atomic mass is 35.5. The maximum atomic E-state index is 11.9. The third kappa shape index (κ3) is 3.44. The van der Waals surface area contributed by atoms with Crippen LogP contribution in [0, 0.1) is 0 Å². The van der Waals surface area contributed by atoms with Crippen molar-refractivity contribution in [1.29, 1.82) is 0 Å². The second-order valence-electron chi connectivity index (χ2n) is 5.78. The summed E-state index contributed by atoms with van der Waals surface area (Å²) in [5.41, 5.74) is 1.68. The smallest absolute Gasteiger partial charge is 0.253 e. The van der Waals surface area contributed by atoms with Crippen LogP contribution in [0.2, 0.25) is 5.02 Å². The molecule has 2 heterocycles. The number of nitrogens with zero attached hydrogens (tertiary/aromatic N) is 2. The minimum atomic E-state index is -0.141. The standard InChI is InChI=1S/C19H20ClN3O/c1-2-11-21-19(24)14-9-10-18(22-13-14)23-12-5-8-17(23)15-6-3-4-7-16(15)20/h2-4,6-7,9-10,13,17H,1,5,8,11-12H2,(H,21,24). The van der Waals surface area contributed by atoms with Crippen LogP contribution in [-0.4, -0.2) is 24.0 Å². The Morgan fingerprint density at radius 2 is 2.21 bits per heavy atom. The fourth-order valence-electron chi connectivity index (χ4n) is 3.07. The Labute approximate surface area is 147 Å². The van der Waals surface area contributed by atoms with Gasteiger partial charge in [-0.05, 0) is 36.6 Å². The first kappa shape index (κ1) is 16.5. The fourth-order valence-corrected chi connectivity index (χ4v) is 3.33. The van der Waals surface area contributed by atoms with Gasteiger partial charge in [0.1, 0.15) is 5.82 Å². The minimum absolute atomic E-state index is 0.141. The molecule has 1 aromatic carbocycles. The molecule has 3 rings (SSSR count). The summed E-state index contributed by atoms with van der Waals surface area (Å²) < 4.78 is 0. The van der Waals surface area contributed by atoms with Gasteiger partial charge in [-0.1, -0.05) is 35.9 Å². The van der Waals surface area contributed by atoms with Gasteiger partial charge in [0, 0.05) is 24.3 Å². The zero-order chi connectivity index (χ0) is 16.9. The summed E-state index contributed by atoms with van der Waals surface area (Å²) in [6, 6.07) is 11.9. The summed E-state index contributed by atoms with van der Waals surface area (Å²) in [7, 11) is 0. The number of pyridine rings is 1. The molecule has 124 valence electrons. The number of carbonyl (C=O) groups is 1. The van der Waals surface area contributed by atoms with Crippen LogP contribution in [0.1, 0.15) is 34.8 Å². The van der Waals surface area contributed by atoms with E-state index in [1.54, 1.807) is 12.3 Å². The molecule has 0 aliphatic carbocycles. The summed E-state index contributed by atoms with van der Waals surface area (Å²) in [6.45, 7) is 4.97. The Morgan fingerprint density at radius 1 is 1.38 bits per heavy atom. The van der Waals surface area contributed by atoms with E-state index in [2.05, 4.69) is 27.8 Å². The summed E-state index contributed by atoms with van der Waals surface area (Å²) >= 11 is 6.36. The lowest BCUT2D eigenvalue weighted by molar-refractivity contribution is 0.0957. The Morgan fingerprint density at radius 3 is 2.92 bits per heavy atom. The van der Waals surface area contributed by atoms with Gasteiger partial charge in [-0.3, -0.25) is 4.79 Å². The molecule has 2 aromatic rings. The van der Waals surface area contributed by atoms with E-state index in [0.29, 0.717) is 12.1 Å². The molecule has 1 saturated heterocycles. The monoisotopic (exact) mass is 341 g/mol. The second-order valence-corrected chi connectivity index (χ2v) is 6.18. The molecule has 0 radical (unpaired) electrons. The lowest BCUT2D eigenvalue weighted by atomic mass is 10.0. The number of amides is 1. The van der Waals surface area contributed by atoms with Crippen LogP contribution in [0.5, 0.6) is 0 Å². The summed E-state index contributed by atoms with van der Waals surface area (Å²) in [5, 5.41) is 3.54. The van der Waals surface area contributed by atoms with E-state index >= 15 is 0 Å². The highest BCUT2D eigenvalue weighted by Crippen LogP contribution is 2.37. The van der Waals surface area contributed by atoms with Crippen LogP contribution in [0.25, 0.3) is 0 Å². The molecule has 1 unspecified atom stereocenters. The quantitative estimate of drug-likeness (QED) is 0.836. The number of halogens is 1. The molecule has 4 nitrogen and oxygen atoms in total. The highest BCUT2D eigenvalue weighted by molar-refractivity contribution is 6.31. The van der Waals surface area contributed by atoms with Crippen LogP contribution < -0.4 is 10.2 Å². The fraction of sp³-hybridized carbons (Fsp3) is 0.263. The summed E-state index contributed by atoms with van der Waals surface area (Å²) in [5.74, 6) is 0.732. The van der Waals surface area contributed by atoms with Crippen molar-refractivity contribution in [3.63, 3.8) is 0 Å². The van der Waals surface area contributed by atoms with E-state index in [4.69, 9.17) is 11.6 Å². The average Bonchev–Trinajstić information content (AvgIpc) is 3.09. The Hall–Kier alpha value is -2.33. The van der Waals surface area contributed by atoms with Crippen LogP contribution in [0.3, 0.4) is 0 Å². The number of carbonyl (C=O) groups excluding carboxylic acids is 1. The predicted molar refractivity (Wildman–Crippen MR) is 97.5 cm³/mol. The van der Waals surface area contributed by atoms with Gasteiger partial charge in [0.2, 0.25) is 0 Å². The molecule has 0 saturated carbocycles. The van der Waals surface area contributed by atoms with Crippen molar-refractivity contribution in [2.24, 2.45) is 0 Å². The first-order valence-corrected chi connectivity index (χ1v) is 8.44. The zero-order valence-electron chi connectivity index (χ0n) is 13.4. The number of anilines is 1. The van der Waals surface area contributed by atoms with Gasteiger partial charge in [-0.2, -0.15) is 0 Å². The lowest BCUT2D eigenvalue weighted by Crippen LogP contribution is -2.25. The minimum Gasteiger partial charge on any atom is -0.350 e. The summed E-state index contributed by atoms with van der Waals surface area (Å²) in [6.07, 6.45) is 5.42. The molecular formula is C19H20ClN3O. The van der Waals surface area contributed by atoms with E-state index in [-0.39, 0.29) is 11.9 Å². The molecule has 24 heavy (non-hydrogen) atoms. The zero-order valence-corrected chi connectivity index (χ0v) is 14.2. The maximum absolute atomic E-state index is 11.9. The number of hydrogen-bond donors (Lipinski definition) is 1. The molecule has 1 amide bonds. The van der Waals surface area contributed by atoms with Crippen molar-refractivity contribution in [2.75, 3.05) is 18.0 Å². The van der Waals surface area contributed by atoms with E-state index in [0.717, 1.165) is 35.8 Å². The number of rotatable bonds is 5.